The number of hydrogen-bond acceptors (Lipinski definition) is 3. The number of piperidine rings is 1. The highest BCUT2D eigenvalue weighted by atomic mass is 16.2. The lowest BCUT2D eigenvalue weighted by Crippen LogP contribution is -2.38. The maximum absolute atomic E-state index is 12.2. The Morgan fingerprint density at radius 2 is 1.66 bits per heavy atom. The molecule has 29 heavy (non-hydrogen) atoms. The van der Waals surface area contributed by atoms with Gasteiger partial charge in [-0.15, -0.1) is 0 Å². The summed E-state index contributed by atoms with van der Waals surface area (Å²) in [6.07, 6.45) is 4.10. The predicted octanol–water partition coefficient (Wildman–Crippen LogP) is 3.04. The number of nitrogens with one attached hydrogen (secondary N) is 2. The zero-order chi connectivity index (χ0) is 20.5. The van der Waals surface area contributed by atoms with Crippen molar-refractivity contribution in [1.82, 2.24) is 15.5 Å². The molecule has 3 rings (SSSR count). The first-order chi connectivity index (χ1) is 14.1. The van der Waals surface area contributed by atoms with Gasteiger partial charge in [0, 0.05) is 19.1 Å². The number of nitrogens with zero attached hydrogens (tertiary/aromatic N) is 1. The van der Waals surface area contributed by atoms with Gasteiger partial charge in [-0.25, -0.2) is 0 Å². The minimum atomic E-state index is -0.174. The topological polar surface area (TPSA) is 61.4 Å². The highest BCUT2D eigenvalue weighted by Crippen LogP contribution is 2.20. The average molecular weight is 394 g/mol. The van der Waals surface area contributed by atoms with Crippen molar-refractivity contribution in [3.63, 3.8) is 0 Å². The Morgan fingerprint density at radius 1 is 0.931 bits per heavy atom. The Labute approximate surface area is 173 Å². The second-order valence-electron chi connectivity index (χ2n) is 7.80. The monoisotopic (exact) mass is 393 g/mol. The number of amides is 2. The molecule has 2 amide bonds. The van der Waals surface area contributed by atoms with Gasteiger partial charge < -0.3 is 10.6 Å². The van der Waals surface area contributed by atoms with Gasteiger partial charge in [0.15, 0.2) is 0 Å². The summed E-state index contributed by atoms with van der Waals surface area (Å²) in [6, 6.07) is 18.4. The van der Waals surface area contributed by atoms with Crippen LogP contribution in [0.2, 0.25) is 0 Å². The minimum Gasteiger partial charge on any atom is -0.350 e. The van der Waals surface area contributed by atoms with Crippen molar-refractivity contribution in [2.45, 2.75) is 51.7 Å². The fourth-order valence-electron chi connectivity index (χ4n) is 3.77. The number of hydrogen-bond donors (Lipinski definition) is 2. The molecule has 1 atom stereocenters. The van der Waals surface area contributed by atoms with Crippen LogP contribution < -0.4 is 10.6 Å². The Kier molecular flexibility index (Phi) is 7.82. The van der Waals surface area contributed by atoms with Crippen molar-refractivity contribution in [2.75, 3.05) is 13.1 Å². The molecule has 1 aliphatic rings. The van der Waals surface area contributed by atoms with Crippen molar-refractivity contribution in [2.24, 2.45) is 0 Å². The first-order valence-electron chi connectivity index (χ1n) is 10.5. The zero-order valence-corrected chi connectivity index (χ0v) is 17.2. The van der Waals surface area contributed by atoms with Gasteiger partial charge in [0.05, 0.1) is 13.0 Å². The van der Waals surface area contributed by atoms with Crippen molar-refractivity contribution < 1.29 is 9.59 Å². The quantitative estimate of drug-likeness (QED) is 0.725. The molecule has 5 nitrogen and oxygen atoms in total. The van der Waals surface area contributed by atoms with E-state index in [9.17, 15) is 9.59 Å². The number of likely N-dealkylation sites (tertiary alicyclic amines) is 1. The van der Waals surface area contributed by atoms with E-state index >= 15 is 0 Å². The van der Waals surface area contributed by atoms with E-state index < -0.39 is 0 Å². The van der Waals surface area contributed by atoms with Gasteiger partial charge in [-0.05, 0) is 43.0 Å². The first-order valence-corrected chi connectivity index (χ1v) is 10.5. The molecule has 0 radical (unpaired) electrons. The number of rotatable bonds is 8. The van der Waals surface area contributed by atoms with Crippen LogP contribution >= 0.6 is 0 Å². The fourth-order valence-corrected chi connectivity index (χ4v) is 3.77. The van der Waals surface area contributed by atoms with Crippen molar-refractivity contribution in [3.05, 3.63) is 71.3 Å². The van der Waals surface area contributed by atoms with Crippen LogP contribution in [0.25, 0.3) is 0 Å². The third-order valence-electron chi connectivity index (χ3n) is 5.56. The molecule has 2 aromatic rings. The lowest BCUT2D eigenvalue weighted by atomic mass is 10.0. The molecule has 1 heterocycles. The van der Waals surface area contributed by atoms with E-state index in [4.69, 9.17) is 0 Å². The summed E-state index contributed by atoms with van der Waals surface area (Å²) in [5, 5.41) is 5.63. The maximum atomic E-state index is 12.2. The largest absolute Gasteiger partial charge is 0.350 e. The van der Waals surface area contributed by atoms with Crippen molar-refractivity contribution in [3.8, 4) is 0 Å². The van der Waals surface area contributed by atoms with Crippen LogP contribution in [0.1, 0.15) is 42.9 Å². The van der Waals surface area contributed by atoms with E-state index in [1.54, 1.807) is 0 Å². The molecule has 2 N–H and O–H groups in total. The molecule has 154 valence electrons. The summed E-state index contributed by atoms with van der Waals surface area (Å²) in [7, 11) is 0. The summed E-state index contributed by atoms with van der Waals surface area (Å²) < 4.78 is 0. The van der Waals surface area contributed by atoms with E-state index in [1.807, 2.05) is 36.4 Å². The van der Waals surface area contributed by atoms with Gasteiger partial charge in [0.1, 0.15) is 0 Å². The van der Waals surface area contributed by atoms with Crippen LogP contribution in [0.5, 0.6) is 0 Å². The van der Waals surface area contributed by atoms with Crippen LogP contribution in [-0.4, -0.2) is 35.8 Å². The lowest BCUT2D eigenvalue weighted by Gasteiger charge is -2.33. The summed E-state index contributed by atoms with van der Waals surface area (Å²) >= 11 is 0. The lowest BCUT2D eigenvalue weighted by molar-refractivity contribution is -0.125. The average Bonchev–Trinajstić information content (AvgIpc) is 2.74. The minimum absolute atomic E-state index is 0.00298. The van der Waals surface area contributed by atoms with Gasteiger partial charge in [0.2, 0.25) is 11.8 Å². The summed E-state index contributed by atoms with van der Waals surface area (Å²) in [5.74, 6) is -0.321. The van der Waals surface area contributed by atoms with Crippen LogP contribution in [0, 0.1) is 0 Å². The number of carbonyl (C=O) groups excluding carboxylic acids is 2. The second kappa shape index (κ2) is 10.8. The Balaban J connectivity index is 1.45. The molecule has 0 spiro atoms. The smallest absolute Gasteiger partial charge is 0.239 e. The summed E-state index contributed by atoms with van der Waals surface area (Å²) in [4.78, 5) is 26.7. The number of benzene rings is 2. The number of carbonyl (C=O) groups is 2. The van der Waals surface area contributed by atoms with Crippen LogP contribution in [0.4, 0.5) is 0 Å². The van der Waals surface area contributed by atoms with E-state index in [0.29, 0.717) is 12.6 Å². The molecule has 1 unspecified atom stereocenters. The van der Waals surface area contributed by atoms with Crippen LogP contribution in [-0.2, 0) is 29.1 Å². The molecule has 1 aliphatic heterocycles. The van der Waals surface area contributed by atoms with Gasteiger partial charge >= 0.3 is 0 Å². The Bertz CT molecular complexity index is 807. The molecular weight excluding hydrogens is 362 g/mol. The SMILES string of the molecule is CC1CCCCN1Cc1ccccc1CNC(=O)CNC(=O)Cc1ccccc1. The Morgan fingerprint density at radius 3 is 2.41 bits per heavy atom. The molecule has 5 heteroatoms. The predicted molar refractivity (Wildman–Crippen MR) is 115 cm³/mol. The van der Waals surface area contributed by atoms with Crippen LogP contribution in [0.15, 0.2) is 54.6 Å². The molecule has 2 aromatic carbocycles. The highest BCUT2D eigenvalue weighted by molar-refractivity contribution is 5.85. The molecule has 0 aromatic heterocycles. The molecule has 0 bridgehead atoms. The molecule has 0 aliphatic carbocycles. The maximum Gasteiger partial charge on any atom is 0.239 e. The molecular formula is C24H31N3O2. The van der Waals surface area contributed by atoms with Crippen molar-refractivity contribution >= 4 is 11.8 Å². The fraction of sp³-hybridized carbons (Fsp3) is 0.417. The third-order valence-corrected chi connectivity index (χ3v) is 5.56. The third kappa shape index (κ3) is 6.71. The van der Waals surface area contributed by atoms with Gasteiger partial charge in [-0.3, -0.25) is 14.5 Å². The van der Waals surface area contributed by atoms with Gasteiger partial charge in [0.25, 0.3) is 0 Å². The normalized spacial score (nSPS) is 16.9. The van der Waals surface area contributed by atoms with E-state index in [-0.39, 0.29) is 24.8 Å². The van der Waals surface area contributed by atoms with Gasteiger partial charge in [-0.2, -0.15) is 0 Å². The van der Waals surface area contributed by atoms with E-state index in [0.717, 1.165) is 24.2 Å². The molecule has 1 saturated heterocycles. The Hall–Kier alpha value is -2.66. The second-order valence-corrected chi connectivity index (χ2v) is 7.80. The highest BCUT2D eigenvalue weighted by Gasteiger charge is 2.19. The van der Waals surface area contributed by atoms with Crippen molar-refractivity contribution in [1.29, 1.82) is 0 Å². The van der Waals surface area contributed by atoms with Crippen LogP contribution in [0.3, 0.4) is 0 Å². The molecule has 0 saturated carbocycles. The summed E-state index contributed by atoms with van der Waals surface area (Å²) in [6.45, 7) is 4.82. The first kappa shape index (κ1) is 21.1. The van der Waals surface area contributed by atoms with E-state index in [1.165, 1.54) is 24.8 Å². The zero-order valence-electron chi connectivity index (χ0n) is 17.2. The van der Waals surface area contributed by atoms with Gasteiger partial charge in [-0.1, -0.05) is 61.0 Å². The molecule has 1 fully saturated rings. The van der Waals surface area contributed by atoms with E-state index in [2.05, 4.69) is 40.7 Å². The standard InChI is InChI=1S/C24H31N3O2/c1-19-9-7-8-14-27(19)18-22-13-6-5-12-21(22)16-25-24(29)17-26-23(28)15-20-10-3-2-4-11-20/h2-6,10-13,19H,7-9,14-18H2,1H3,(H,25,29)(H,26,28). The summed E-state index contributed by atoms with van der Waals surface area (Å²) in [5.41, 5.74) is 3.33.